The summed E-state index contributed by atoms with van der Waals surface area (Å²) in [6.07, 6.45) is 6.00. The monoisotopic (exact) mass is 291 g/mol. The third-order valence-electron chi connectivity index (χ3n) is 3.61. The highest BCUT2D eigenvalue weighted by Gasteiger charge is 2.29. The molecule has 1 N–H and O–H groups in total. The molecule has 1 saturated heterocycles. The first-order valence-corrected chi connectivity index (χ1v) is 7.05. The van der Waals surface area contributed by atoms with E-state index in [9.17, 15) is 19.1 Å². The minimum atomic E-state index is -0.958. The first-order chi connectivity index (χ1) is 10.1. The third kappa shape index (κ3) is 4.15. The summed E-state index contributed by atoms with van der Waals surface area (Å²) in [6.45, 7) is 0.462. The summed E-state index contributed by atoms with van der Waals surface area (Å²) in [5.41, 5.74) is 0.700. The number of nitrogens with zero attached hydrogens (tertiary/aromatic N) is 1. The Labute approximate surface area is 122 Å². The number of carbonyl (C=O) groups is 2. The highest BCUT2D eigenvalue weighted by Crippen LogP contribution is 2.18. The molecule has 0 radical (unpaired) electrons. The van der Waals surface area contributed by atoms with Gasteiger partial charge in [-0.05, 0) is 36.6 Å². The average Bonchev–Trinajstić information content (AvgIpc) is 2.72. The molecule has 1 atom stereocenters. The fourth-order valence-electron chi connectivity index (χ4n) is 2.47. The Kier molecular flexibility index (Phi) is 5.09. The quantitative estimate of drug-likeness (QED) is 0.871. The number of amides is 1. The molecule has 1 amide bonds. The van der Waals surface area contributed by atoms with E-state index >= 15 is 0 Å². The molecule has 1 aromatic rings. The zero-order chi connectivity index (χ0) is 15.2. The number of hydrogen-bond donors (Lipinski definition) is 1. The van der Waals surface area contributed by atoms with Gasteiger partial charge in [0.2, 0.25) is 5.91 Å². The van der Waals surface area contributed by atoms with Crippen molar-refractivity contribution < 1.29 is 19.1 Å². The van der Waals surface area contributed by atoms with Gasteiger partial charge < -0.3 is 10.0 Å². The number of carbonyl (C=O) groups excluding carboxylic acids is 1. The highest BCUT2D eigenvalue weighted by atomic mass is 19.1. The second-order valence-corrected chi connectivity index (χ2v) is 5.12. The normalized spacial score (nSPS) is 19.5. The van der Waals surface area contributed by atoms with Gasteiger partial charge in [-0.3, -0.25) is 4.79 Å². The second-order valence-electron chi connectivity index (χ2n) is 5.12. The Morgan fingerprint density at radius 2 is 1.90 bits per heavy atom. The molecule has 0 bridgehead atoms. The van der Waals surface area contributed by atoms with Gasteiger partial charge in [0, 0.05) is 12.6 Å². The number of halogens is 1. The Morgan fingerprint density at radius 1 is 1.19 bits per heavy atom. The fourth-order valence-corrected chi connectivity index (χ4v) is 2.47. The van der Waals surface area contributed by atoms with E-state index in [0.29, 0.717) is 18.5 Å². The van der Waals surface area contributed by atoms with Crippen molar-refractivity contribution in [3.63, 3.8) is 0 Å². The molecule has 1 aliphatic rings. The van der Waals surface area contributed by atoms with E-state index in [1.807, 2.05) is 0 Å². The zero-order valence-corrected chi connectivity index (χ0v) is 11.7. The molecule has 0 saturated carbocycles. The second kappa shape index (κ2) is 7.02. The van der Waals surface area contributed by atoms with Crippen LogP contribution in [0, 0.1) is 5.82 Å². The maximum atomic E-state index is 12.8. The van der Waals surface area contributed by atoms with E-state index in [1.54, 1.807) is 18.2 Å². The van der Waals surface area contributed by atoms with E-state index in [1.165, 1.54) is 23.1 Å². The number of likely N-dealkylation sites (tertiary alicyclic amines) is 1. The SMILES string of the molecule is O=C(O)C1CCCCCN1C(=O)C=Cc1ccc(F)cc1. The molecular weight excluding hydrogens is 273 g/mol. The summed E-state index contributed by atoms with van der Waals surface area (Å²) in [5, 5.41) is 9.24. The molecule has 21 heavy (non-hydrogen) atoms. The van der Waals surface area contributed by atoms with Crippen molar-refractivity contribution in [3.05, 3.63) is 41.7 Å². The molecule has 0 aromatic heterocycles. The van der Waals surface area contributed by atoms with Gasteiger partial charge in [0.25, 0.3) is 0 Å². The van der Waals surface area contributed by atoms with Gasteiger partial charge in [-0.1, -0.05) is 25.0 Å². The van der Waals surface area contributed by atoms with Gasteiger partial charge >= 0.3 is 5.97 Å². The summed E-state index contributed by atoms with van der Waals surface area (Å²) in [4.78, 5) is 24.9. The number of carboxylic acids is 1. The molecule has 112 valence electrons. The zero-order valence-electron chi connectivity index (χ0n) is 11.7. The summed E-state index contributed by atoms with van der Waals surface area (Å²) in [6, 6.07) is 5.01. The topological polar surface area (TPSA) is 57.6 Å². The lowest BCUT2D eigenvalue weighted by Crippen LogP contribution is -2.43. The van der Waals surface area contributed by atoms with E-state index in [0.717, 1.165) is 19.3 Å². The van der Waals surface area contributed by atoms with Gasteiger partial charge in [0.1, 0.15) is 11.9 Å². The average molecular weight is 291 g/mol. The molecule has 4 nitrogen and oxygen atoms in total. The van der Waals surface area contributed by atoms with Gasteiger partial charge in [-0.15, -0.1) is 0 Å². The lowest BCUT2D eigenvalue weighted by Gasteiger charge is -2.25. The molecule has 2 rings (SSSR count). The lowest BCUT2D eigenvalue weighted by atomic mass is 10.1. The van der Waals surface area contributed by atoms with Crippen LogP contribution in [0.2, 0.25) is 0 Å². The van der Waals surface area contributed by atoms with Crippen LogP contribution in [0.25, 0.3) is 6.08 Å². The first kappa shape index (κ1) is 15.2. The molecule has 5 heteroatoms. The number of aliphatic carboxylic acids is 1. The fraction of sp³-hybridized carbons (Fsp3) is 0.375. The van der Waals surface area contributed by atoms with Crippen LogP contribution in [0.1, 0.15) is 31.2 Å². The molecule has 1 unspecified atom stereocenters. The summed E-state index contributed by atoms with van der Waals surface area (Å²) < 4.78 is 12.8. The van der Waals surface area contributed by atoms with Crippen LogP contribution < -0.4 is 0 Å². The van der Waals surface area contributed by atoms with Crippen LogP contribution in [-0.4, -0.2) is 34.5 Å². The molecule has 1 heterocycles. The summed E-state index contributed by atoms with van der Waals surface area (Å²) in [7, 11) is 0. The smallest absolute Gasteiger partial charge is 0.326 e. The molecule has 0 aliphatic carbocycles. The van der Waals surface area contributed by atoms with Crippen LogP contribution in [0.4, 0.5) is 4.39 Å². The van der Waals surface area contributed by atoms with Crippen molar-refractivity contribution in [2.45, 2.75) is 31.7 Å². The number of carboxylic acid groups (broad SMARTS) is 1. The highest BCUT2D eigenvalue weighted by molar-refractivity contribution is 5.94. The molecular formula is C16H18FNO3. The van der Waals surface area contributed by atoms with Gasteiger partial charge in [0.15, 0.2) is 0 Å². The van der Waals surface area contributed by atoms with Crippen molar-refractivity contribution in [3.8, 4) is 0 Å². The standard InChI is InChI=1S/C16H18FNO3/c17-13-8-5-12(6-9-13)7-10-15(19)18-11-3-1-2-4-14(18)16(20)21/h5-10,14H,1-4,11H2,(H,20,21). The van der Waals surface area contributed by atoms with E-state index in [2.05, 4.69) is 0 Å². The van der Waals surface area contributed by atoms with E-state index in [4.69, 9.17) is 0 Å². The summed E-state index contributed by atoms with van der Waals surface area (Å²) in [5.74, 6) is -1.61. The minimum absolute atomic E-state index is 0.311. The molecule has 1 aromatic carbocycles. The van der Waals surface area contributed by atoms with Crippen LogP contribution in [0.15, 0.2) is 30.3 Å². The van der Waals surface area contributed by atoms with Crippen LogP contribution in [-0.2, 0) is 9.59 Å². The maximum Gasteiger partial charge on any atom is 0.326 e. The Bertz CT molecular complexity index is 539. The summed E-state index contributed by atoms with van der Waals surface area (Å²) >= 11 is 0. The number of benzene rings is 1. The van der Waals surface area contributed by atoms with Crippen LogP contribution >= 0.6 is 0 Å². The number of rotatable bonds is 3. The van der Waals surface area contributed by atoms with Gasteiger partial charge in [-0.2, -0.15) is 0 Å². The predicted octanol–water partition coefficient (Wildman–Crippen LogP) is 2.69. The first-order valence-electron chi connectivity index (χ1n) is 7.05. The Hall–Kier alpha value is -2.17. The maximum absolute atomic E-state index is 12.8. The van der Waals surface area contributed by atoms with Gasteiger partial charge in [0.05, 0.1) is 0 Å². The van der Waals surface area contributed by atoms with Gasteiger partial charge in [-0.25, -0.2) is 9.18 Å². The van der Waals surface area contributed by atoms with Crippen LogP contribution in [0.3, 0.4) is 0 Å². The predicted molar refractivity (Wildman–Crippen MR) is 77.0 cm³/mol. The van der Waals surface area contributed by atoms with Crippen molar-refractivity contribution >= 4 is 18.0 Å². The van der Waals surface area contributed by atoms with E-state index < -0.39 is 12.0 Å². The largest absolute Gasteiger partial charge is 0.480 e. The minimum Gasteiger partial charge on any atom is -0.480 e. The third-order valence-corrected chi connectivity index (χ3v) is 3.61. The van der Waals surface area contributed by atoms with E-state index in [-0.39, 0.29) is 11.7 Å². The van der Waals surface area contributed by atoms with Crippen LogP contribution in [0.5, 0.6) is 0 Å². The molecule has 1 aliphatic heterocycles. The van der Waals surface area contributed by atoms with Crippen molar-refractivity contribution in [2.75, 3.05) is 6.54 Å². The molecule has 1 fully saturated rings. The molecule has 0 spiro atoms. The Balaban J connectivity index is 2.09. The van der Waals surface area contributed by atoms with Crippen molar-refractivity contribution in [1.29, 1.82) is 0 Å². The number of hydrogen-bond acceptors (Lipinski definition) is 2. The lowest BCUT2D eigenvalue weighted by molar-refractivity contribution is -0.148. The Morgan fingerprint density at radius 3 is 2.57 bits per heavy atom. The van der Waals surface area contributed by atoms with Crippen molar-refractivity contribution in [1.82, 2.24) is 4.90 Å². The van der Waals surface area contributed by atoms with Crippen molar-refractivity contribution in [2.24, 2.45) is 0 Å².